The minimum Gasteiger partial charge on any atom is -0.367 e. The fourth-order valence-electron chi connectivity index (χ4n) is 4.34. The van der Waals surface area contributed by atoms with E-state index in [1.807, 2.05) is 16.4 Å². The van der Waals surface area contributed by atoms with Crippen molar-refractivity contribution in [3.63, 3.8) is 0 Å². The number of hydrogen-bond donors (Lipinski definition) is 1. The average Bonchev–Trinajstić information content (AvgIpc) is 2.75. The number of anilines is 1. The molecule has 1 aromatic carbocycles. The summed E-state index contributed by atoms with van der Waals surface area (Å²) in [7, 11) is 0. The van der Waals surface area contributed by atoms with Crippen molar-refractivity contribution >= 4 is 22.5 Å². The molecule has 1 aromatic heterocycles. The SMILES string of the molecule is CCn1cc(C(=O)N2CCC(C)CC2)c(=O)c2cc(F)c(N3CCNCC3)cc21. The first-order chi connectivity index (χ1) is 14.0. The molecule has 0 saturated carbocycles. The van der Waals surface area contributed by atoms with Gasteiger partial charge in [0.1, 0.15) is 11.4 Å². The average molecular weight is 400 g/mol. The zero-order chi connectivity index (χ0) is 20.5. The van der Waals surface area contributed by atoms with Crippen LogP contribution in [0.15, 0.2) is 23.1 Å². The van der Waals surface area contributed by atoms with Crippen molar-refractivity contribution in [1.29, 1.82) is 0 Å². The van der Waals surface area contributed by atoms with Crippen LogP contribution in [0.2, 0.25) is 0 Å². The van der Waals surface area contributed by atoms with Crippen LogP contribution in [0.3, 0.4) is 0 Å². The Bertz CT molecular complexity index is 973. The second-order valence-electron chi connectivity index (χ2n) is 8.19. The van der Waals surface area contributed by atoms with Gasteiger partial charge in [-0.2, -0.15) is 0 Å². The molecule has 2 aliphatic heterocycles. The minimum absolute atomic E-state index is 0.142. The third-order valence-electron chi connectivity index (χ3n) is 6.25. The lowest BCUT2D eigenvalue weighted by molar-refractivity contribution is 0.0695. The van der Waals surface area contributed by atoms with Crippen LogP contribution in [0.4, 0.5) is 10.1 Å². The predicted octanol–water partition coefficient (Wildman–Crippen LogP) is 2.44. The first-order valence-electron chi connectivity index (χ1n) is 10.6. The van der Waals surface area contributed by atoms with Crippen LogP contribution in [0.1, 0.15) is 37.0 Å². The van der Waals surface area contributed by atoms with E-state index in [9.17, 15) is 14.0 Å². The van der Waals surface area contributed by atoms with Gasteiger partial charge in [-0.3, -0.25) is 9.59 Å². The van der Waals surface area contributed by atoms with Crippen LogP contribution in [-0.4, -0.2) is 54.6 Å². The molecule has 7 heteroatoms. The normalized spacial score (nSPS) is 18.4. The van der Waals surface area contributed by atoms with E-state index in [0.717, 1.165) is 39.0 Å². The van der Waals surface area contributed by atoms with Gasteiger partial charge in [-0.1, -0.05) is 6.92 Å². The molecule has 1 N–H and O–H groups in total. The van der Waals surface area contributed by atoms with Gasteiger partial charge in [-0.25, -0.2) is 4.39 Å². The van der Waals surface area contributed by atoms with E-state index in [2.05, 4.69) is 12.2 Å². The molecule has 2 aromatic rings. The summed E-state index contributed by atoms with van der Waals surface area (Å²) in [5.74, 6) is -0.0476. The van der Waals surface area contributed by atoms with Gasteiger partial charge in [0.15, 0.2) is 0 Å². The van der Waals surface area contributed by atoms with Gasteiger partial charge in [-0.15, -0.1) is 0 Å². The largest absolute Gasteiger partial charge is 0.367 e. The maximum absolute atomic E-state index is 14.9. The van der Waals surface area contributed by atoms with Gasteiger partial charge in [0, 0.05) is 57.4 Å². The van der Waals surface area contributed by atoms with Gasteiger partial charge in [0.05, 0.1) is 11.2 Å². The number of aromatic nitrogens is 1. The number of rotatable bonds is 3. The minimum atomic E-state index is -0.407. The topological polar surface area (TPSA) is 57.6 Å². The van der Waals surface area contributed by atoms with Crippen molar-refractivity contribution in [1.82, 2.24) is 14.8 Å². The van der Waals surface area contributed by atoms with E-state index >= 15 is 0 Å². The lowest BCUT2D eigenvalue weighted by Gasteiger charge is -2.31. The summed E-state index contributed by atoms with van der Waals surface area (Å²) < 4.78 is 16.8. The fourth-order valence-corrected chi connectivity index (χ4v) is 4.34. The van der Waals surface area contributed by atoms with Crippen molar-refractivity contribution < 1.29 is 9.18 Å². The maximum atomic E-state index is 14.9. The summed E-state index contributed by atoms with van der Waals surface area (Å²) >= 11 is 0. The summed E-state index contributed by atoms with van der Waals surface area (Å²) in [6, 6.07) is 3.08. The Balaban J connectivity index is 1.77. The number of likely N-dealkylation sites (tertiary alicyclic amines) is 1. The number of nitrogens with one attached hydrogen (secondary N) is 1. The van der Waals surface area contributed by atoms with Crippen LogP contribution < -0.4 is 15.6 Å². The molecule has 156 valence electrons. The Kier molecular flexibility index (Phi) is 5.58. The Hall–Kier alpha value is -2.41. The lowest BCUT2D eigenvalue weighted by Crippen LogP contribution is -2.44. The molecular weight excluding hydrogens is 371 g/mol. The third-order valence-corrected chi connectivity index (χ3v) is 6.25. The van der Waals surface area contributed by atoms with E-state index in [1.165, 1.54) is 6.07 Å². The lowest BCUT2D eigenvalue weighted by atomic mass is 9.98. The molecule has 0 aliphatic carbocycles. The van der Waals surface area contributed by atoms with Gasteiger partial charge >= 0.3 is 0 Å². The van der Waals surface area contributed by atoms with Crippen molar-refractivity contribution in [3.8, 4) is 0 Å². The summed E-state index contributed by atoms with van der Waals surface area (Å²) in [5.41, 5.74) is 0.961. The molecule has 29 heavy (non-hydrogen) atoms. The van der Waals surface area contributed by atoms with Crippen LogP contribution >= 0.6 is 0 Å². The molecule has 6 nitrogen and oxygen atoms in total. The highest BCUT2D eigenvalue weighted by Gasteiger charge is 2.25. The Morgan fingerprint density at radius 2 is 1.86 bits per heavy atom. The molecule has 1 amide bonds. The highest BCUT2D eigenvalue weighted by molar-refractivity contribution is 5.98. The molecule has 3 heterocycles. The van der Waals surface area contributed by atoms with Gasteiger partial charge in [0.2, 0.25) is 5.43 Å². The number of nitrogens with zero attached hydrogens (tertiary/aromatic N) is 3. The quantitative estimate of drug-likeness (QED) is 0.860. The Morgan fingerprint density at radius 3 is 2.52 bits per heavy atom. The highest BCUT2D eigenvalue weighted by Crippen LogP contribution is 2.26. The molecular formula is C22H29FN4O2. The van der Waals surface area contributed by atoms with Gasteiger partial charge in [-0.05, 0) is 37.8 Å². The number of carbonyl (C=O) groups excluding carboxylic acids is 1. The number of hydrogen-bond acceptors (Lipinski definition) is 4. The van der Waals surface area contributed by atoms with E-state index in [0.29, 0.717) is 36.8 Å². The molecule has 2 aliphatic rings. The number of halogens is 1. The summed E-state index contributed by atoms with van der Waals surface area (Å²) in [5, 5.41) is 3.54. The van der Waals surface area contributed by atoms with E-state index in [1.54, 1.807) is 17.2 Å². The van der Waals surface area contributed by atoms with Gasteiger partial charge < -0.3 is 19.7 Å². The molecule has 4 rings (SSSR count). The number of carbonyl (C=O) groups is 1. The standard InChI is InChI=1S/C22H29FN4O2/c1-3-25-14-17(22(29)27-8-4-15(2)5-9-27)21(28)16-12-18(23)20(13-19(16)25)26-10-6-24-7-11-26/h12-15,24H,3-11H2,1-2H3. The number of pyridine rings is 1. The number of amides is 1. The van der Waals surface area contributed by atoms with Crippen LogP contribution in [0, 0.1) is 11.7 Å². The van der Waals surface area contributed by atoms with Crippen LogP contribution in [0.25, 0.3) is 10.9 Å². The Morgan fingerprint density at radius 1 is 1.17 bits per heavy atom. The second-order valence-corrected chi connectivity index (χ2v) is 8.19. The smallest absolute Gasteiger partial charge is 0.259 e. The zero-order valence-electron chi connectivity index (χ0n) is 17.2. The summed E-state index contributed by atoms with van der Waals surface area (Å²) in [6.07, 6.45) is 3.55. The maximum Gasteiger partial charge on any atom is 0.259 e. The zero-order valence-corrected chi connectivity index (χ0v) is 17.2. The number of piperidine rings is 1. The van der Waals surface area contributed by atoms with Crippen LogP contribution in [0.5, 0.6) is 0 Å². The molecule has 2 fully saturated rings. The highest BCUT2D eigenvalue weighted by atomic mass is 19.1. The molecule has 2 saturated heterocycles. The second kappa shape index (κ2) is 8.14. The van der Waals surface area contributed by atoms with E-state index < -0.39 is 5.82 Å². The monoisotopic (exact) mass is 400 g/mol. The number of fused-ring (bicyclic) bond motifs is 1. The van der Waals surface area contributed by atoms with Crippen molar-refractivity contribution in [2.45, 2.75) is 33.2 Å². The number of aryl methyl sites for hydroxylation is 1. The third kappa shape index (κ3) is 3.75. The molecule has 0 bridgehead atoms. The first kappa shape index (κ1) is 19.9. The molecule has 0 radical (unpaired) electrons. The van der Waals surface area contributed by atoms with Crippen molar-refractivity contribution in [3.05, 3.63) is 39.9 Å². The summed E-state index contributed by atoms with van der Waals surface area (Å²) in [4.78, 5) is 29.9. The molecule has 0 atom stereocenters. The molecule has 0 unspecified atom stereocenters. The van der Waals surface area contributed by atoms with E-state index in [4.69, 9.17) is 0 Å². The van der Waals surface area contributed by atoms with Gasteiger partial charge in [0.25, 0.3) is 5.91 Å². The van der Waals surface area contributed by atoms with Crippen LogP contribution in [-0.2, 0) is 6.54 Å². The first-order valence-corrected chi connectivity index (χ1v) is 10.6. The number of benzene rings is 1. The van der Waals surface area contributed by atoms with Crippen molar-refractivity contribution in [2.75, 3.05) is 44.2 Å². The number of piperazine rings is 1. The van der Waals surface area contributed by atoms with E-state index in [-0.39, 0.29) is 22.3 Å². The summed E-state index contributed by atoms with van der Waals surface area (Å²) in [6.45, 7) is 9.14. The Labute approximate surface area is 170 Å². The van der Waals surface area contributed by atoms with Crippen molar-refractivity contribution in [2.24, 2.45) is 5.92 Å². The predicted molar refractivity (Wildman–Crippen MR) is 113 cm³/mol. The fraction of sp³-hybridized carbons (Fsp3) is 0.545. The molecule has 0 spiro atoms.